The lowest BCUT2D eigenvalue weighted by atomic mass is 10.1. The standard InChI is InChI=1S/C21H25N7S/c1-15(16-4-5-20(29-3)19(10-16)22-2)27-6-8-28(9-7-27)21-23-11-17(12-24-21)18-13-25-26-14-18/h4-5,10-15H,2,6-9H2,1,3H3,(H,25,26). The van der Waals surface area contributed by atoms with Crippen LogP contribution in [0.25, 0.3) is 11.1 Å². The minimum absolute atomic E-state index is 0.331. The number of aromatic nitrogens is 4. The van der Waals surface area contributed by atoms with Gasteiger partial charge in [-0.25, -0.2) is 9.97 Å². The highest BCUT2D eigenvalue weighted by Gasteiger charge is 2.24. The van der Waals surface area contributed by atoms with Crippen molar-refractivity contribution in [3.05, 3.63) is 48.5 Å². The molecule has 3 heterocycles. The van der Waals surface area contributed by atoms with Crippen LogP contribution in [0.15, 0.2) is 52.9 Å². The van der Waals surface area contributed by atoms with E-state index in [1.54, 1.807) is 18.0 Å². The lowest BCUT2D eigenvalue weighted by Gasteiger charge is -2.38. The van der Waals surface area contributed by atoms with E-state index in [4.69, 9.17) is 0 Å². The van der Waals surface area contributed by atoms with Crippen LogP contribution in [0.2, 0.25) is 0 Å². The number of thioether (sulfide) groups is 1. The number of benzene rings is 1. The number of hydrogen-bond donors (Lipinski definition) is 1. The maximum absolute atomic E-state index is 4.56. The van der Waals surface area contributed by atoms with Crippen molar-refractivity contribution in [3.8, 4) is 11.1 Å². The van der Waals surface area contributed by atoms with Gasteiger partial charge in [-0.15, -0.1) is 11.8 Å². The van der Waals surface area contributed by atoms with E-state index in [-0.39, 0.29) is 0 Å². The van der Waals surface area contributed by atoms with Crippen LogP contribution in [0.4, 0.5) is 11.6 Å². The molecule has 1 fully saturated rings. The summed E-state index contributed by atoms with van der Waals surface area (Å²) < 4.78 is 0. The number of H-pyrrole nitrogens is 1. The predicted octanol–water partition coefficient (Wildman–Crippen LogP) is 3.80. The van der Waals surface area contributed by atoms with Crippen LogP contribution in [-0.2, 0) is 0 Å². The Hall–Kier alpha value is -2.71. The maximum Gasteiger partial charge on any atom is 0.225 e. The molecule has 29 heavy (non-hydrogen) atoms. The van der Waals surface area contributed by atoms with E-state index < -0.39 is 0 Å². The van der Waals surface area contributed by atoms with Gasteiger partial charge in [0.05, 0.1) is 11.9 Å². The molecule has 0 amide bonds. The molecule has 1 aliphatic heterocycles. The van der Waals surface area contributed by atoms with Crippen molar-refractivity contribution in [2.45, 2.75) is 17.9 Å². The molecule has 8 heteroatoms. The van der Waals surface area contributed by atoms with Crippen molar-refractivity contribution in [2.24, 2.45) is 4.99 Å². The number of nitrogens with zero attached hydrogens (tertiary/aromatic N) is 6. The first-order chi connectivity index (χ1) is 14.2. The lowest BCUT2D eigenvalue weighted by Crippen LogP contribution is -2.47. The van der Waals surface area contributed by atoms with Crippen molar-refractivity contribution in [2.75, 3.05) is 37.3 Å². The van der Waals surface area contributed by atoms with E-state index in [9.17, 15) is 0 Å². The Morgan fingerprint density at radius 1 is 1.10 bits per heavy atom. The van der Waals surface area contributed by atoms with Gasteiger partial charge >= 0.3 is 0 Å². The molecule has 0 spiro atoms. The fourth-order valence-electron chi connectivity index (χ4n) is 3.65. The molecular weight excluding hydrogens is 382 g/mol. The lowest BCUT2D eigenvalue weighted by molar-refractivity contribution is 0.198. The molecule has 150 valence electrons. The van der Waals surface area contributed by atoms with Crippen LogP contribution in [0.1, 0.15) is 18.5 Å². The second-order valence-corrected chi connectivity index (χ2v) is 7.90. The quantitative estimate of drug-likeness (QED) is 0.495. The summed E-state index contributed by atoms with van der Waals surface area (Å²) in [5, 5.41) is 6.79. The van der Waals surface area contributed by atoms with Crippen molar-refractivity contribution in [3.63, 3.8) is 0 Å². The number of hydrogen-bond acceptors (Lipinski definition) is 7. The zero-order valence-electron chi connectivity index (χ0n) is 16.7. The first-order valence-corrected chi connectivity index (χ1v) is 10.9. The Labute approximate surface area is 175 Å². The van der Waals surface area contributed by atoms with Gasteiger partial charge in [-0.3, -0.25) is 15.0 Å². The average molecular weight is 408 g/mol. The molecule has 1 aliphatic rings. The summed E-state index contributed by atoms with van der Waals surface area (Å²) >= 11 is 1.70. The van der Waals surface area contributed by atoms with Crippen LogP contribution in [-0.4, -0.2) is 64.2 Å². The van der Waals surface area contributed by atoms with Gasteiger partial charge in [-0.2, -0.15) is 5.10 Å². The van der Waals surface area contributed by atoms with Gasteiger partial charge in [-0.1, -0.05) is 6.07 Å². The average Bonchev–Trinajstić information content (AvgIpc) is 3.33. The molecule has 1 atom stereocenters. The van der Waals surface area contributed by atoms with E-state index in [0.717, 1.165) is 53.8 Å². The summed E-state index contributed by atoms with van der Waals surface area (Å²) in [6.45, 7) is 9.72. The number of aromatic amines is 1. The van der Waals surface area contributed by atoms with E-state index in [2.05, 4.69) is 73.1 Å². The summed E-state index contributed by atoms with van der Waals surface area (Å²) in [7, 11) is 0. The molecule has 1 aromatic carbocycles. The zero-order valence-corrected chi connectivity index (χ0v) is 17.6. The summed E-state index contributed by atoms with van der Waals surface area (Å²) in [6.07, 6.45) is 9.41. The zero-order chi connectivity index (χ0) is 20.2. The molecule has 0 radical (unpaired) electrons. The van der Waals surface area contributed by atoms with Crippen LogP contribution in [0.5, 0.6) is 0 Å². The molecule has 0 bridgehead atoms. The highest BCUT2D eigenvalue weighted by Crippen LogP contribution is 2.32. The van der Waals surface area contributed by atoms with E-state index in [1.165, 1.54) is 5.56 Å². The van der Waals surface area contributed by atoms with E-state index >= 15 is 0 Å². The molecule has 4 rings (SSSR count). The highest BCUT2D eigenvalue weighted by atomic mass is 32.2. The Kier molecular flexibility index (Phi) is 5.92. The minimum Gasteiger partial charge on any atom is -0.338 e. The molecule has 1 unspecified atom stereocenters. The van der Waals surface area contributed by atoms with Gasteiger partial charge in [0.25, 0.3) is 0 Å². The number of rotatable bonds is 6. The third-order valence-corrected chi connectivity index (χ3v) is 6.26. The SMILES string of the molecule is C=Nc1cc(C(C)N2CCN(c3ncc(-c4cn[nH]c4)cn3)CC2)ccc1SC. The third kappa shape index (κ3) is 4.18. The van der Waals surface area contributed by atoms with E-state index in [1.807, 2.05) is 18.6 Å². The normalized spacial score (nSPS) is 16.0. The minimum atomic E-state index is 0.331. The van der Waals surface area contributed by atoms with Crippen LogP contribution < -0.4 is 4.90 Å². The predicted molar refractivity (Wildman–Crippen MR) is 119 cm³/mol. The molecule has 3 aromatic rings. The monoisotopic (exact) mass is 407 g/mol. The van der Waals surface area contributed by atoms with Gasteiger partial charge in [0.15, 0.2) is 0 Å². The van der Waals surface area contributed by atoms with Gasteiger partial charge in [0.1, 0.15) is 0 Å². The van der Waals surface area contributed by atoms with Crippen molar-refractivity contribution in [1.29, 1.82) is 0 Å². The van der Waals surface area contributed by atoms with E-state index in [0.29, 0.717) is 6.04 Å². The fourth-order valence-corrected chi connectivity index (χ4v) is 4.19. The second-order valence-electron chi connectivity index (χ2n) is 7.05. The Bertz CT molecular complexity index is 948. The van der Waals surface area contributed by atoms with Gasteiger partial charge in [0.2, 0.25) is 5.95 Å². The third-order valence-electron chi connectivity index (χ3n) is 5.47. The maximum atomic E-state index is 4.56. The summed E-state index contributed by atoms with van der Waals surface area (Å²) in [4.78, 5) is 19.2. The van der Waals surface area contributed by atoms with Crippen LogP contribution in [0, 0.1) is 0 Å². The Balaban J connectivity index is 1.39. The molecule has 2 aromatic heterocycles. The van der Waals surface area contributed by atoms with Crippen molar-refractivity contribution in [1.82, 2.24) is 25.1 Å². The Morgan fingerprint density at radius 3 is 2.48 bits per heavy atom. The Morgan fingerprint density at radius 2 is 1.86 bits per heavy atom. The molecule has 0 aliphatic carbocycles. The molecular formula is C21H25N7S. The molecule has 0 saturated carbocycles. The van der Waals surface area contributed by atoms with Gasteiger partial charge < -0.3 is 4.90 Å². The number of piperazine rings is 1. The molecule has 1 N–H and O–H groups in total. The first-order valence-electron chi connectivity index (χ1n) is 9.64. The summed E-state index contributed by atoms with van der Waals surface area (Å²) in [6, 6.07) is 6.84. The first kappa shape index (κ1) is 19.6. The van der Waals surface area contributed by atoms with Crippen LogP contribution in [0.3, 0.4) is 0 Å². The summed E-state index contributed by atoms with van der Waals surface area (Å²) in [5.74, 6) is 0.784. The van der Waals surface area contributed by atoms with Crippen molar-refractivity contribution >= 4 is 30.1 Å². The van der Waals surface area contributed by atoms with Gasteiger partial charge in [-0.05, 0) is 37.6 Å². The highest BCUT2D eigenvalue weighted by molar-refractivity contribution is 7.98. The van der Waals surface area contributed by atoms with Crippen LogP contribution >= 0.6 is 11.8 Å². The van der Waals surface area contributed by atoms with Gasteiger partial charge in [0, 0.05) is 66.8 Å². The largest absolute Gasteiger partial charge is 0.338 e. The molecule has 1 saturated heterocycles. The summed E-state index contributed by atoms with van der Waals surface area (Å²) in [5.41, 5.74) is 4.21. The smallest absolute Gasteiger partial charge is 0.225 e. The number of nitrogens with one attached hydrogen (secondary N) is 1. The number of aliphatic imine (C=N–C) groups is 1. The topological polar surface area (TPSA) is 73.3 Å². The van der Waals surface area contributed by atoms with Crippen molar-refractivity contribution < 1.29 is 0 Å². The second kappa shape index (κ2) is 8.75. The number of anilines is 1. The molecule has 7 nitrogen and oxygen atoms in total. The fraction of sp³-hybridized carbons (Fsp3) is 0.333.